The van der Waals surface area contributed by atoms with E-state index in [9.17, 15) is 0 Å². The molecule has 0 saturated carbocycles. The summed E-state index contributed by atoms with van der Waals surface area (Å²) >= 11 is 1.62. The SMILES string of the molecule is C=C(N)SC1=C(C)CN(C)CC1. The Labute approximate surface area is 78.5 Å². The topological polar surface area (TPSA) is 29.3 Å². The minimum Gasteiger partial charge on any atom is -0.394 e. The maximum atomic E-state index is 5.54. The Balaban J connectivity index is 2.62. The van der Waals surface area contributed by atoms with Gasteiger partial charge in [0.05, 0.1) is 5.03 Å². The van der Waals surface area contributed by atoms with E-state index in [-0.39, 0.29) is 0 Å². The van der Waals surface area contributed by atoms with Gasteiger partial charge < -0.3 is 10.6 Å². The van der Waals surface area contributed by atoms with Crippen LogP contribution in [0.1, 0.15) is 13.3 Å². The molecule has 0 aromatic carbocycles. The van der Waals surface area contributed by atoms with Crippen molar-refractivity contribution in [2.75, 3.05) is 20.1 Å². The molecule has 0 unspecified atom stereocenters. The average Bonchev–Trinajstić information content (AvgIpc) is 1.94. The van der Waals surface area contributed by atoms with Crippen LogP contribution in [0.3, 0.4) is 0 Å². The molecule has 1 rings (SSSR count). The molecule has 0 aliphatic carbocycles. The van der Waals surface area contributed by atoms with Crippen LogP contribution in [0.15, 0.2) is 22.1 Å². The summed E-state index contributed by atoms with van der Waals surface area (Å²) in [5, 5.41) is 0.703. The summed E-state index contributed by atoms with van der Waals surface area (Å²) in [6.45, 7) is 8.06. The van der Waals surface area contributed by atoms with Crippen LogP contribution in [0.25, 0.3) is 0 Å². The fourth-order valence-electron chi connectivity index (χ4n) is 1.37. The van der Waals surface area contributed by atoms with Gasteiger partial charge in [-0.15, -0.1) is 0 Å². The third-order valence-corrected chi connectivity index (χ3v) is 3.02. The van der Waals surface area contributed by atoms with Crippen LogP contribution in [-0.4, -0.2) is 25.0 Å². The number of rotatable bonds is 2. The monoisotopic (exact) mass is 184 g/mol. The Morgan fingerprint density at radius 3 is 2.83 bits per heavy atom. The second kappa shape index (κ2) is 4.01. The second-order valence-electron chi connectivity index (χ2n) is 3.26. The standard InChI is InChI=1S/C9H16N2S/c1-7-6-11(3)5-4-9(7)12-8(2)10/h2,4-6,10H2,1,3H3. The van der Waals surface area contributed by atoms with Crippen LogP contribution >= 0.6 is 11.8 Å². The molecule has 12 heavy (non-hydrogen) atoms. The summed E-state index contributed by atoms with van der Waals surface area (Å²) < 4.78 is 0. The summed E-state index contributed by atoms with van der Waals surface area (Å²) in [5.41, 5.74) is 6.97. The third-order valence-electron chi connectivity index (χ3n) is 1.96. The number of hydrogen-bond donors (Lipinski definition) is 1. The number of nitrogens with zero attached hydrogens (tertiary/aromatic N) is 1. The molecular formula is C9H16N2S. The molecule has 1 heterocycles. The zero-order chi connectivity index (χ0) is 9.14. The molecule has 1 aliphatic heterocycles. The third kappa shape index (κ3) is 2.57. The molecule has 0 radical (unpaired) electrons. The van der Waals surface area contributed by atoms with Crippen LogP contribution in [0.4, 0.5) is 0 Å². The second-order valence-corrected chi connectivity index (χ2v) is 4.48. The largest absolute Gasteiger partial charge is 0.394 e. The fourth-order valence-corrected chi connectivity index (χ4v) is 2.12. The van der Waals surface area contributed by atoms with Gasteiger partial charge in [0.25, 0.3) is 0 Å². The molecule has 0 aromatic rings. The van der Waals surface area contributed by atoms with E-state index in [1.165, 1.54) is 10.5 Å². The minimum atomic E-state index is 0.703. The van der Waals surface area contributed by atoms with Gasteiger partial charge in [-0.1, -0.05) is 18.3 Å². The molecular weight excluding hydrogens is 168 g/mol. The van der Waals surface area contributed by atoms with Crippen LogP contribution in [0, 0.1) is 0 Å². The first-order valence-electron chi connectivity index (χ1n) is 4.09. The molecule has 68 valence electrons. The summed E-state index contributed by atoms with van der Waals surface area (Å²) in [4.78, 5) is 3.72. The molecule has 0 fully saturated rings. The molecule has 2 N–H and O–H groups in total. The highest BCUT2D eigenvalue weighted by Gasteiger charge is 2.13. The van der Waals surface area contributed by atoms with E-state index in [1.54, 1.807) is 11.8 Å². The van der Waals surface area contributed by atoms with Crippen molar-refractivity contribution in [3.63, 3.8) is 0 Å². The molecule has 0 spiro atoms. The lowest BCUT2D eigenvalue weighted by molar-refractivity contribution is 0.353. The number of hydrogen-bond acceptors (Lipinski definition) is 3. The lowest BCUT2D eigenvalue weighted by Crippen LogP contribution is -2.26. The molecule has 1 aliphatic rings. The zero-order valence-corrected chi connectivity index (χ0v) is 8.58. The number of likely N-dealkylation sites (N-methyl/N-ethyl adjacent to an activating group) is 1. The Hall–Kier alpha value is -0.410. The predicted octanol–water partition coefficient (Wildman–Crippen LogP) is 1.76. The molecule has 0 atom stereocenters. The maximum Gasteiger partial charge on any atom is 0.0627 e. The smallest absolute Gasteiger partial charge is 0.0627 e. The maximum absolute atomic E-state index is 5.54. The summed E-state index contributed by atoms with van der Waals surface area (Å²) in [6, 6.07) is 0. The zero-order valence-electron chi connectivity index (χ0n) is 7.76. The number of thioether (sulfide) groups is 1. The van der Waals surface area contributed by atoms with Gasteiger partial charge in [-0.05, 0) is 30.9 Å². The van der Waals surface area contributed by atoms with Gasteiger partial charge >= 0.3 is 0 Å². The lowest BCUT2D eigenvalue weighted by Gasteiger charge is -2.25. The van der Waals surface area contributed by atoms with Crippen molar-refractivity contribution in [2.24, 2.45) is 5.73 Å². The van der Waals surface area contributed by atoms with Crippen molar-refractivity contribution in [2.45, 2.75) is 13.3 Å². The van der Waals surface area contributed by atoms with Gasteiger partial charge in [-0.25, -0.2) is 0 Å². The Bertz CT molecular complexity index is 221. The highest BCUT2D eigenvalue weighted by atomic mass is 32.2. The Kier molecular flexibility index (Phi) is 3.23. The van der Waals surface area contributed by atoms with Crippen molar-refractivity contribution in [3.05, 3.63) is 22.1 Å². The van der Waals surface area contributed by atoms with Gasteiger partial charge in [0, 0.05) is 13.1 Å². The van der Waals surface area contributed by atoms with Gasteiger partial charge in [0.1, 0.15) is 0 Å². The number of nitrogens with two attached hydrogens (primary N) is 1. The van der Waals surface area contributed by atoms with E-state index in [0.29, 0.717) is 5.03 Å². The van der Waals surface area contributed by atoms with Crippen LogP contribution in [0.2, 0.25) is 0 Å². The first-order chi connectivity index (χ1) is 5.59. The summed E-state index contributed by atoms with van der Waals surface area (Å²) in [6.07, 6.45) is 1.11. The Morgan fingerprint density at radius 2 is 2.33 bits per heavy atom. The van der Waals surface area contributed by atoms with Gasteiger partial charge in [0.15, 0.2) is 0 Å². The average molecular weight is 184 g/mol. The van der Waals surface area contributed by atoms with Gasteiger partial charge in [-0.2, -0.15) is 0 Å². The normalized spacial score (nSPS) is 19.8. The summed E-state index contributed by atoms with van der Waals surface area (Å²) in [7, 11) is 2.14. The van der Waals surface area contributed by atoms with E-state index in [4.69, 9.17) is 5.73 Å². The highest BCUT2D eigenvalue weighted by Crippen LogP contribution is 2.29. The molecule has 2 nitrogen and oxygen atoms in total. The highest BCUT2D eigenvalue weighted by molar-refractivity contribution is 8.06. The van der Waals surface area contributed by atoms with E-state index in [2.05, 4.69) is 25.5 Å². The first-order valence-corrected chi connectivity index (χ1v) is 4.90. The minimum absolute atomic E-state index is 0.703. The summed E-state index contributed by atoms with van der Waals surface area (Å²) in [5.74, 6) is 0. The van der Waals surface area contributed by atoms with E-state index in [1.807, 2.05) is 0 Å². The van der Waals surface area contributed by atoms with Crippen molar-refractivity contribution in [3.8, 4) is 0 Å². The van der Waals surface area contributed by atoms with Gasteiger partial charge in [0.2, 0.25) is 0 Å². The molecule has 0 saturated heterocycles. The first kappa shape index (κ1) is 9.68. The van der Waals surface area contributed by atoms with Crippen molar-refractivity contribution < 1.29 is 0 Å². The van der Waals surface area contributed by atoms with Crippen molar-refractivity contribution >= 4 is 11.8 Å². The van der Waals surface area contributed by atoms with E-state index < -0.39 is 0 Å². The molecule has 0 aromatic heterocycles. The van der Waals surface area contributed by atoms with Gasteiger partial charge in [-0.3, -0.25) is 0 Å². The fraction of sp³-hybridized carbons (Fsp3) is 0.556. The van der Waals surface area contributed by atoms with Crippen molar-refractivity contribution in [1.82, 2.24) is 4.90 Å². The van der Waals surface area contributed by atoms with Crippen molar-refractivity contribution in [1.29, 1.82) is 0 Å². The van der Waals surface area contributed by atoms with Crippen LogP contribution in [0.5, 0.6) is 0 Å². The van der Waals surface area contributed by atoms with Crippen LogP contribution in [-0.2, 0) is 0 Å². The quantitative estimate of drug-likeness (QED) is 0.709. The van der Waals surface area contributed by atoms with Crippen LogP contribution < -0.4 is 5.73 Å². The lowest BCUT2D eigenvalue weighted by atomic mass is 10.1. The molecule has 0 bridgehead atoms. The molecule has 0 amide bonds. The Morgan fingerprint density at radius 1 is 1.67 bits per heavy atom. The predicted molar refractivity (Wildman–Crippen MR) is 55.7 cm³/mol. The van der Waals surface area contributed by atoms with E-state index in [0.717, 1.165) is 19.5 Å². The molecule has 3 heteroatoms. The van der Waals surface area contributed by atoms with E-state index >= 15 is 0 Å².